The predicted octanol–water partition coefficient (Wildman–Crippen LogP) is 2.50. The van der Waals surface area contributed by atoms with E-state index in [-0.39, 0.29) is 0 Å². The molecule has 0 unspecified atom stereocenters. The minimum Gasteiger partial charge on any atom is -0.399 e. The number of rotatable bonds is 4. The monoisotopic (exact) mass is 204 g/mol. The van der Waals surface area contributed by atoms with Crippen LogP contribution in [0.4, 0.5) is 5.69 Å². The van der Waals surface area contributed by atoms with Crippen LogP contribution in [-0.2, 0) is 6.54 Å². The normalized spacial score (nSPS) is 17.7. The van der Waals surface area contributed by atoms with Gasteiger partial charge < -0.3 is 5.73 Å². The standard InChI is InChI=1S/C13H20N2/c1-2-3-12-9-15(10-12)8-11-4-6-13(14)7-5-11/h4-7,12H,2-3,8-10,14H2,1H3. The molecule has 1 aliphatic heterocycles. The molecule has 0 saturated carbocycles. The lowest BCUT2D eigenvalue weighted by Gasteiger charge is -2.39. The fourth-order valence-corrected chi connectivity index (χ4v) is 2.28. The topological polar surface area (TPSA) is 29.3 Å². The van der Waals surface area contributed by atoms with Crippen LogP contribution in [0.1, 0.15) is 25.3 Å². The minimum absolute atomic E-state index is 0.853. The Morgan fingerprint density at radius 1 is 1.27 bits per heavy atom. The van der Waals surface area contributed by atoms with Crippen molar-refractivity contribution in [2.45, 2.75) is 26.3 Å². The second kappa shape index (κ2) is 4.67. The van der Waals surface area contributed by atoms with Crippen LogP contribution >= 0.6 is 0 Å². The summed E-state index contributed by atoms with van der Waals surface area (Å²) >= 11 is 0. The molecule has 0 amide bonds. The summed E-state index contributed by atoms with van der Waals surface area (Å²) in [7, 11) is 0. The second-order valence-corrected chi connectivity index (χ2v) is 4.59. The van der Waals surface area contributed by atoms with Gasteiger partial charge in [0.05, 0.1) is 0 Å². The molecule has 1 aromatic rings. The molecule has 82 valence electrons. The minimum atomic E-state index is 0.853. The van der Waals surface area contributed by atoms with E-state index in [0.29, 0.717) is 0 Å². The van der Waals surface area contributed by atoms with E-state index < -0.39 is 0 Å². The summed E-state index contributed by atoms with van der Waals surface area (Å²) in [4.78, 5) is 2.51. The summed E-state index contributed by atoms with van der Waals surface area (Å²) in [6.45, 7) is 5.90. The third-order valence-electron chi connectivity index (χ3n) is 3.12. The molecule has 1 aromatic carbocycles. The highest BCUT2D eigenvalue weighted by Gasteiger charge is 2.25. The number of nitrogens with two attached hydrogens (primary N) is 1. The smallest absolute Gasteiger partial charge is 0.0314 e. The molecular formula is C13H20N2. The number of nitrogen functional groups attached to an aromatic ring is 1. The Balaban J connectivity index is 1.77. The maximum atomic E-state index is 5.65. The maximum absolute atomic E-state index is 5.65. The van der Waals surface area contributed by atoms with Crippen LogP contribution in [0.15, 0.2) is 24.3 Å². The number of likely N-dealkylation sites (tertiary alicyclic amines) is 1. The lowest BCUT2D eigenvalue weighted by atomic mass is 9.94. The van der Waals surface area contributed by atoms with Crippen LogP contribution < -0.4 is 5.73 Å². The molecule has 1 heterocycles. The number of hydrogen-bond donors (Lipinski definition) is 1. The van der Waals surface area contributed by atoms with E-state index in [9.17, 15) is 0 Å². The molecule has 0 aliphatic carbocycles. The molecule has 1 saturated heterocycles. The highest BCUT2D eigenvalue weighted by molar-refractivity contribution is 5.39. The van der Waals surface area contributed by atoms with Crippen LogP contribution in [0.2, 0.25) is 0 Å². The largest absolute Gasteiger partial charge is 0.399 e. The van der Waals surface area contributed by atoms with Gasteiger partial charge in [-0.15, -0.1) is 0 Å². The molecule has 0 radical (unpaired) electrons. The first-order valence-electron chi connectivity index (χ1n) is 5.84. The summed E-state index contributed by atoms with van der Waals surface area (Å²) in [6.07, 6.45) is 2.71. The molecule has 1 fully saturated rings. The molecular weight excluding hydrogens is 184 g/mol. The van der Waals surface area contributed by atoms with Gasteiger partial charge in [-0.3, -0.25) is 4.90 Å². The van der Waals surface area contributed by atoms with Crippen molar-refractivity contribution in [2.75, 3.05) is 18.8 Å². The van der Waals surface area contributed by atoms with Crippen molar-refractivity contribution in [1.82, 2.24) is 4.90 Å². The summed E-state index contributed by atoms with van der Waals surface area (Å²) in [5, 5.41) is 0. The van der Waals surface area contributed by atoms with Gasteiger partial charge in [-0.1, -0.05) is 25.5 Å². The van der Waals surface area contributed by atoms with E-state index in [0.717, 1.165) is 18.2 Å². The van der Waals surface area contributed by atoms with Crippen molar-refractivity contribution in [3.05, 3.63) is 29.8 Å². The quantitative estimate of drug-likeness (QED) is 0.763. The van der Waals surface area contributed by atoms with Gasteiger partial charge in [0.2, 0.25) is 0 Å². The van der Waals surface area contributed by atoms with E-state index >= 15 is 0 Å². The molecule has 2 nitrogen and oxygen atoms in total. The third-order valence-corrected chi connectivity index (χ3v) is 3.12. The molecule has 15 heavy (non-hydrogen) atoms. The van der Waals surface area contributed by atoms with Gasteiger partial charge in [-0.05, 0) is 30.0 Å². The molecule has 2 rings (SSSR count). The Labute approximate surface area is 92.1 Å². The molecule has 0 atom stereocenters. The maximum Gasteiger partial charge on any atom is 0.0314 e. The molecule has 2 heteroatoms. The van der Waals surface area contributed by atoms with Crippen molar-refractivity contribution in [2.24, 2.45) is 5.92 Å². The Hall–Kier alpha value is -1.02. The van der Waals surface area contributed by atoms with Crippen LogP contribution in [0.3, 0.4) is 0 Å². The first kappa shape index (κ1) is 10.5. The van der Waals surface area contributed by atoms with Crippen LogP contribution in [0, 0.1) is 5.92 Å². The zero-order valence-corrected chi connectivity index (χ0v) is 9.45. The average molecular weight is 204 g/mol. The summed E-state index contributed by atoms with van der Waals surface area (Å²) < 4.78 is 0. The molecule has 1 aliphatic rings. The Morgan fingerprint density at radius 3 is 2.53 bits per heavy atom. The van der Waals surface area contributed by atoms with Gasteiger partial charge in [0.1, 0.15) is 0 Å². The summed E-state index contributed by atoms with van der Waals surface area (Å²) in [6, 6.07) is 8.22. The first-order valence-corrected chi connectivity index (χ1v) is 5.84. The second-order valence-electron chi connectivity index (χ2n) is 4.59. The third kappa shape index (κ3) is 2.72. The number of anilines is 1. The van der Waals surface area contributed by atoms with Crippen LogP contribution in [-0.4, -0.2) is 18.0 Å². The van der Waals surface area contributed by atoms with Crippen molar-refractivity contribution < 1.29 is 0 Å². The zero-order chi connectivity index (χ0) is 10.7. The predicted molar refractivity (Wildman–Crippen MR) is 64.5 cm³/mol. The lowest BCUT2D eigenvalue weighted by Crippen LogP contribution is -2.45. The average Bonchev–Trinajstić information content (AvgIpc) is 2.18. The zero-order valence-electron chi connectivity index (χ0n) is 9.45. The van der Waals surface area contributed by atoms with Crippen molar-refractivity contribution >= 4 is 5.69 Å². The highest BCUT2D eigenvalue weighted by Crippen LogP contribution is 2.22. The van der Waals surface area contributed by atoms with Crippen molar-refractivity contribution in [3.8, 4) is 0 Å². The number of nitrogens with zero attached hydrogens (tertiary/aromatic N) is 1. The van der Waals surface area contributed by atoms with Gasteiger partial charge in [0, 0.05) is 25.3 Å². The van der Waals surface area contributed by atoms with Crippen molar-refractivity contribution in [1.29, 1.82) is 0 Å². The van der Waals surface area contributed by atoms with E-state index in [1.165, 1.54) is 31.5 Å². The fourth-order valence-electron chi connectivity index (χ4n) is 2.28. The first-order chi connectivity index (χ1) is 7.28. The van der Waals surface area contributed by atoms with E-state index in [4.69, 9.17) is 5.73 Å². The number of hydrogen-bond acceptors (Lipinski definition) is 2. The summed E-state index contributed by atoms with van der Waals surface area (Å²) in [5.74, 6) is 0.948. The van der Waals surface area contributed by atoms with E-state index in [1.54, 1.807) is 0 Å². The van der Waals surface area contributed by atoms with Gasteiger partial charge in [-0.25, -0.2) is 0 Å². The van der Waals surface area contributed by atoms with Gasteiger partial charge >= 0.3 is 0 Å². The highest BCUT2D eigenvalue weighted by atomic mass is 15.2. The van der Waals surface area contributed by atoms with Gasteiger partial charge in [0.15, 0.2) is 0 Å². The van der Waals surface area contributed by atoms with Gasteiger partial charge in [0.25, 0.3) is 0 Å². The fraction of sp³-hybridized carbons (Fsp3) is 0.538. The van der Waals surface area contributed by atoms with E-state index in [1.807, 2.05) is 12.1 Å². The Morgan fingerprint density at radius 2 is 1.93 bits per heavy atom. The molecule has 0 aromatic heterocycles. The van der Waals surface area contributed by atoms with Gasteiger partial charge in [-0.2, -0.15) is 0 Å². The lowest BCUT2D eigenvalue weighted by molar-refractivity contribution is 0.0860. The SMILES string of the molecule is CCCC1CN(Cc2ccc(N)cc2)C1. The summed E-state index contributed by atoms with van der Waals surface area (Å²) in [5.41, 5.74) is 7.88. The molecule has 0 spiro atoms. The Kier molecular flexibility index (Phi) is 3.27. The Bertz CT molecular complexity index is 299. The van der Waals surface area contributed by atoms with Crippen LogP contribution in [0.5, 0.6) is 0 Å². The van der Waals surface area contributed by atoms with Crippen molar-refractivity contribution in [3.63, 3.8) is 0 Å². The molecule has 0 bridgehead atoms. The molecule has 2 N–H and O–H groups in total. The van der Waals surface area contributed by atoms with E-state index in [2.05, 4.69) is 24.0 Å². The number of benzene rings is 1. The van der Waals surface area contributed by atoms with Crippen LogP contribution in [0.25, 0.3) is 0 Å².